The average molecular weight is 341 g/mol. The van der Waals surface area contributed by atoms with Crippen LogP contribution in [-0.2, 0) is 4.79 Å². The normalized spacial score (nSPS) is 10.7. The second kappa shape index (κ2) is 6.68. The molecule has 126 valence electrons. The third-order valence-electron chi connectivity index (χ3n) is 3.91. The zero-order valence-electron chi connectivity index (χ0n) is 14.0. The van der Waals surface area contributed by atoms with Gasteiger partial charge >= 0.3 is 0 Å². The zero-order chi connectivity index (χ0) is 17.9. The fourth-order valence-corrected chi connectivity index (χ4v) is 2.77. The second-order valence-corrected chi connectivity index (χ2v) is 5.80. The summed E-state index contributed by atoms with van der Waals surface area (Å²) in [7, 11) is 0. The van der Waals surface area contributed by atoms with Crippen molar-refractivity contribution in [2.24, 2.45) is 0 Å². The summed E-state index contributed by atoms with van der Waals surface area (Å²) in [5.41, 5.74) is 4.11. The fourth-order valence-electron chi connectivity index (χ4n) is 2.77. The molecule has 0 aliphatic rings. The number of carbonyl (C=O) groups is 1. The first-order valence-corrected chi connectivity index (χ1v) is 8.12. The van der Waals surface area contributed by atoms with Crippen molar-refractivity contribution in [2.45, 2.75) is 6.92 Å². The number of hydrogen-bond acceptors (Lipinski definition) is 5. The quantitative estimate of drug-likeness (QED) is 0.614. The number of anilines is 1. The maximum absolute atomic E-state index is 11.4. The van der Waals surface area contributed by atoms with Crippen molar-refractivity contribution >= 4 is 22.6 Å². The van der Waals surface area contributed by atoms with Gasteiger partial charge in [0.15, 0.2) is 5.82 Å². The monoisotopic (exact) mass is 341 g/mol. The molecule has 1 amide bonds. The van der Waals surface area contributed by atoms with Crippen LogP contribution >= 0.6 is 0 Å². The Labute approximate surface area is 150 Å². The fraction of sp³-hybridized carbons (Fsp3) is 0.0500. The van der Waals surface area contributed by atoms with Gasteiger partial charge in [-0.1, -0.05) is 36.4 Å². The van der Waals surface area contributed by atoms with E-state index in [1.807, 2.05) is 54.6 Å². The van der Waals surface area contributed by atoms with Crippen LogP contribution in [-0.4, -0.2) is 26.1 Å². The van der Waals surface area contributed by atoms with E-state index < -0.39 is 0 Å². The summed E-state index contributed by atoms with van der Waals surface area (Å²) in [5, 5.41) is 11.7. The van der Waals surface area contributed by atoms with Gasteiger partial charge in [0.1, 0.15) is 0 Å². The highest BCUT2D eigenvalue weighted by Crippen LogP contribution is 2.31. The lowest BCUT2D eigenvalue weighted by molar-refractivity contribution is -0.114. The number of aromatic nitrogens is 4. The number of fused-ring (bicyclic) bond motifs is 1. The Morgan fingerprint density at radius 2 is 1.81 bits per heavy atom. The Balaban J connectivity index is 1.90. The first-order chi connectivity index (χ1) is 12.7. The van der Waals surface area contributed by atoms with Gasteiger partial charge in [-0.25, -0.2) is 4.98 Å². The van der Waals surface area contributed by atoms with E-state index in [-0.39, 0.29) is 5.91 Å². The molecule has 6 nitrogen and oxygen atoms in total. The van der Waals surface area contributed by atoms with Gasteiger partial charge in [-0.2, -0.15) is 10.2 Å². The van der Waals surface area contributed by atoms with Gasteiger partial charge in [-0.3, -0.25) is 9.78 Å². The Hall–Kier alpha value is -3.67. The molecule has 26 heavy (non-hydrogen) atoms. The second-order valence-electron chi connectivity index (χ2n) is 5.80. The maximum atomic E-state index is 11.4. The lowest BCUT2D eigenvalue weighted by atomic mass is 10.0. The van der Waals surface area contributed by atoms with E-state index in [0.717, 1.165) is 27.7 Å². The van der Waals surface area contributed by atoms with Crippen LogP contribution in [0.4, 0.5) is 5.82 Å². The Morgan fingerprint density at radius 1 is 0.962 bits per heavy atom. The van der Waals surface area contributed by atoms with Gasteiger partial charge < -0.3 is 5.32 Å². The smallest absolute Gasteiger partial charge is 0.222 e. The van der Waals surface area contributed by atoms with Gasteiger partial charge in [-0.05, 0) is 18.2 Å². The summed E-state index contributed by atoms with van der Waals surface area (Å²) in [6.07, 6.45) is 3.23. The molecule has 0 spiro atoms. The predicted molar refractivity (Wildman–Crippen MR) is 100 cm³/mol. The van der Waals surface area contributed by atoms with E-state index in [9.17, 15) is 4.79 Å². The number of nitrogens with zero attached hydrogens (tertiary/aromatic N) is 4. The molecule has 4 aromatic rings. The third-order valence-corrected chi connectivity index (χ3v) is 3.91. The average Bonchev–Trinajstić information content (AvgIpc) is 2.68. The molecule has 2 aromatic carbocycles. The van der Waals surface area contributed by atoms with E-state index in [1.54, 1.807) is 12.4 Å². The molecular weight excluding hydrogens is 326 g/mol. The molecule has 6 heteroatoms. The molecule has 4 rings (SSSR count). The SMILES string of the molecule is CC(=O)Nc1cnc(-c2ccc3nnccc3c2)c(-c2ccccc2)n1. The highest BCUT2D eigenvalue weighted by molar-refractivity contribution is 5.90. The Bertz CT molecular complexity index is 1100. The summed E-state index contributed by atoms with van der Waals surface area (Å²) < 4.78 is 0. The van der Waals surface area contributed by atoms with Gasteiger partial charge in [0.05, 0.1) is 29.3 Å². The highest BCUT2D eigenvalue weighted by atomic mass is 16.1. The Morgan fingerprint density at radius 3 is 2.62 bits per heavy atom. The molecule has 0 aliphatic carbocycles. The van der Waals surface area contributed by atoms with Crippen molar-refractivity contribution in [3.8, 4) is 22.5 Å². The lowest BCUT2D eigenvalue weighted by Gasteiger charge is -2.11. The van der Waals surface area contributed by atoms with Crippen molar-refractivity contribution in [3.63, 3.8) is 0 Å². The van der Waals surface area contributed by atoms with E-state index in [2.05, 4.69) is 25.5 Å². The predicted octanol–water partition coefficient (Wildman–Crippen LogP) is 3.71. The molecule has 2 heterocycles. The maximum Gasteiger partial charge on any atom is 0.222 e. The molecular formula is C20H15N5O. The minimum Gasteiger partial charge on any atom is -0.310 e. The molecule has 2 aromatic heterocycles. The molecule has 0 unspecified atom stereocenters. The van der Waals surface area contributed by atoms with Crippen LogP contribution in [0.25, 0.3) is 33.4 Å². The summed E-state index contributed by atoms with van der Waals surface area (Å²) in [4.78, 5) is 20.6. The topological polar surface area (TPSA) is 80.7 Å². The van der Waals surface area contributed by atoms with Crippen molar-refractivity contribution in [2.75, 3.05) is 5.32 Å². The van der Waals surface area contributed by atoms with Crippen LogP contribution < -0.4 is 5.32 Å². The highest BCUT2D eigenvalue weighted by Gasteiger charge is 2.13. The first-order valence-electron chi connectivity index (χ1n) is 8.12. The van der Waals surface area contributed by atoms with Gasteiger partial charge in [-0.15, -0.1) is 0 Å². The van der Waals surface area contributed by atoms with Gasteiger partial charge in [0, 0.05) is 23.4 Å². The number of rotatable bonds is 3. The first kappa shape index (κ1) is 15.8. The molecule has 1 N–H and O–H groups in total. The van der Waals surface area contributed by atoms with Crippen LogP contribution in [0.5, 0.6) is 0 Å². The lowest BCUT2D eigenvalue weighted by Crippen LogP contribution is -2.09. The third kappa shape index (κ3) is 3.12. The van der Waals surface area contributed by atoms with Gasteiger partial charge in [0.25, 0.3) is 0 Å². The van der Waals surface area contributed by atoms with E-state index >= 15 is 0 Å². The van der Waals surface area contributed by atoms with Crippen molar-refractivity contribution < 1.29 is 4.79 Å². The number of amides is 1. The Kier molecular flexibility index (Phi) is 4.07. The summed E-state index contributed by atoms with van der Waals surface area (Å²) in [5.74, 6) is 0.238. The molecule has 0 saturated heterocycles. The van der Waals surface area contributed by atoms with E-state index in [1.165, 1.54) is 6.92 Å². The van der Waals surface area contributed by atoms with Crippen LogP contribution in [0.15, 0.2) is 67.0 Å². The molecule has 0 saturated carbocycles. The minimum absolute atomic E-state index is 0.185. The van der Waals surface area contributed by atoms with Crippen molar-refractivity contribution in [1.29, 1.82) is 0 Å². The summed E-state index contributed by atoms with van der Waals surface area (Å²) >= 11 is 0. The van der Waals surface area contributed by atoms with Crippen LogP contribution in [0.3, 0.4) is 0 Å². The van der Waals surface area contributed by atoms with E-state index in [4.69, 9.17) is 0 Å². The summed E-state index contributed by atoms with van der Waals surface area (Å²) in [6, 6.07) is 17.6. The largest absolute Gasteiger partial charge is 0.310 e. The zero-order valence-corrected chi connectivity index (χ0v) is 14.0. The van der Waals surface area contributed by atoms with Gasteiger partial charge in [0.2, 0.25) is 5.91 Å². The van der Waals surface area contributed by atoms with Crippen LogP contribution in [0, 0.1) is 0 Å². The number of hydrogen-bond donors (Lipinski definition) is 1. The molecule has 0 bridgehead atoms. The van der Waals surface area contributed by atoms with E-state index in [0.29, 0.717) is 11.5 Å². The standard InChI is InChI=1S/C20H15N5O/c1-13(26)23-18-12-21-19(20(24-18)14-5-3-2-4-6-14)16-7-8-17-15(11-16)9-10-22-25-17/h2-12H,1H3,(H,23,24,26). The minimum atomic E-state index is -0.185. The molecule has 0 aliphatic heterocycles. The van der Waals surface area contributed by atoms with Crippen LogP contribution in [0.2, 0.25) is 0 Å². The molecule has 0 radical (unpaired) electrons. The van der Waals surface area contributed by atoms with Crippen molar-refractivity contribution in [3.05, 3.63) is 67.0 Å². The summed E-state index contributed by atoms with van der Waals surface area (Å²) in [6.45, 7) is 1.45. The van der Waals surface area contributed by atoms with Crippen LogP contribution in [0.1, 0.15) is 6.92 Å². The number of benzene rings is 2. The number of nitrogens with one attached hydrogen (secondary N) is 1. The molecule has 0 atom stereocenters. The van der Waals surface area contributed by atoms with Crippen molar-refractivity contribution in [1.82, 2.24) is 20.2 Å². The molecule has 0 fully saturated rings. The number of carbonyl (C=O) groups excluding carboxylic acids is 1.